The summed E-state index contributed by atoms with van der Waals surface area (Å²) in [5.41, 5.74) is -0.586. The molecular weight excluding hydrogens is 354 g/mol. The van der Waals surface area contributed by atoms with Crippen molar-refractivity contribution in [2.75, 3.05) is 58.9 Å². The van der Waals surface area contributed by atoms with Gasteiger partial charge in [0.2, 0.25) is 5.91 Å². The van der Waals surface area contributed by atoms with Crippen molar-refractivity contribution in [1.29, 1.82) is 0 Å². The average molecular weight is 394 g/mol. The van der Waals surface area contributed by atoms with Gasteiger partial charge in [-0.3, -0.25) is 14.7 Å². The van der Waals surface area contributed by atoms with Crippen LogP contribution in [0.4, 0.5) is 0 Å². The van der Waals surface area contributed by atoms with Crippen LogP contribution in [-0.2, 0) is 4.79 Å². The van der Waals surface area contributed by atoms with Crippen molar-refractivity contribution >= 4 is 11.9 Å². The lowest BCUT2D eigenvalue weighted by Crippen LogP contribution is -2.55. The Kier molecular flexibility index (Phi) is 7.20. The maximum Gasteiger partial charge on any atom is 0.236 e. The Morgan fingerprint density at radius 2 is 1.75 bits per heavy atom. The molecule has 2 heterocycles. The molecule has 1 amide bonds. The Labute approximate surface area is 170 Å². The normalized spacial score (nSPS) is 28.8. The van der Waals surface area contributed by atoms with Crippen LogP contribution in [0.2, 0.25) is 0 Å². The number of carbonyl (C=O) groups is 1. The van der Waals surface area contributed by atoms with Crippen LogP contribution in [-0.4, -0.2) is 96.2 Å². The predicted octanol–water partition coefficient (Wildman–Crippen LogP) is 0.989. The van der Waals surface area contributed by atoms with Crippen LogP contribution in [0, 0.1) is 11.8 Å². The van der Waals surface area contributed by atoms with Crippen molar-refractivity contribution in [2.24, 2.45) is 16.8 Å². The number of rotatable bonds is 5. The highest BCUT2D eigenvalue weighted by molar-refractivity contribution is 5.80. The van der Waals surface area contributed by atoms with Gasteiger partial charge in [-0.15, -0.1) is 0 Å². The summed E-state index contributed by atoms with van der Waals surface area (Å²) in [6.45, 7) is 13.7. The van der Waals surface area contributed by atoms with E-state index in [9.17, 15) is 9.90 Å². The minimum Gasteiger partial charge on any atom is -0.388 e. The van der Waals surface area contributed by atoms with Gasteiger partial charge in [0.25, 0.3) is 0 Å². The molecule has 2 unspecified atom stereocenters. The third kappa shape index (κ3) is 5.60. The third-order valence-corrected chi connectivity index (χ3v) is 6.39. The highest BCUT2D eigenvalue weighted by Crippen LogP contribution is 2.31. The smallest absolute Gasteiger partial charge is 0.236 e. The van der Waals surface area contributed by atoms with E-state index in [-0.39, 0.29) is 5.91 Å². The quantitative estimate of drug-likeness (QED) is 0.538. The van der Waals surface area contributed by atoms with Crippen LogP contribution in [0.5, 0.6) is 0 Å². The molecule has 2 saturated heterocycles. The first-order valence-corrected chi connectivity index (χ1v) is 11.1. The molecule has 2 aliphatic heterocycles. The minimum absolute atomic E-state index is 0.277. The summed E-state index contributed by atoms with van der Waals surface area (Å²) in [6, 6.07) is 0. The SMILES string of the molecule is CCNC(=NCC1(O)CCC1)N1CCN(CC(=O)N2CC(C)CC(C)C2)CC1. The van der Waals surface area contributed by atoms with E-state index in [1.54, 1.807) is 0 Å². The number of carbonyl (C=O) groups excluding carboxylic acids is 1. The van der Waals surface area contributed by atoms with E-state index in [1.165, 1.54) is 6.42 Å². The van der Waals surface area contributed by atoms with Crippen LogP contribution in [0.1, 0.15) is 46.5 Å². The summed E-state index contributed by atoms with van der Waals surface area (Å²) >= 11 is 0. The van der Waals surface area contributed by atoms with Crippen LogP contribution < -0.4 is 5.32 Å². The van der Waals surface area contributed by atoms with Crippen molar-refractivity contribution < 1.29 is 9.90 Å². The molecule has 0 aromatic heterocycles. The number of piperazine rings is 1. The molecule has 2 atom stereocenters. The fraction of sp³-hybridized carbons (Fsp3) is 0.905. The van der Waals surface area contributed by atoms with Gasteiger partial charge in [0.1, 0.15) is 0 Å². The Bertz CT molecular complexity index is 545. The van der Waals surface area contributed by atoms with E-state index in [0.717, 1.165) is 71.0 Å². The Balaban J connectivity index is 1.47. The molecular formula is C21H39N5O2. The first kappa shape index (κ1) is 21.4. The van der Waals surface area contributed by atoms with Gasteiger partial charge in [0.15, 0.2) is 5.96 Å². The predicted molar refractivity (Wildman–Crippen MR) is 112 cm³/mol. The molecule has 0 spiro atoms. The topological polar surface area (TPSA) is 71.4 Å². The molecule has 0 bridgehead atoms. The van der Waals surface area contributed by atoms with Crippen LogP contribution in [0.15, 0.2) is 4.99 Å². The lowest BCUT2D eigenvalue weighted by molar-refractivity contribution is -0.135. The van der Waals surface area contributed by atoms with Gasteiger partial charge in [-0.05, 0) is 44.4 Å². The van der Waals surface area contributed by atoms with Crippen molar-refractivity contribution in [2.45, 2.75) is 52.1 Å². The maximum absolute atomic E-state index is 12.7. The zero-order valence-corrected chi connectivity index (χ0v) is 18.0. The van der Waals surface area contributed by atoms with Crippen LogP contribution >= 0.6 is 0 Å². The van der Waals surface area contributed by atoms with Gasteiger partial charge in [0, 0.05) is 45.8 Å². The van der Waals surface area contributed by atoms with Gasteiger partial charge in [-0.2, -0.15) is 0 Å². The summed E-state index contributed by atoms with van der Waals surface area (Å²) in [7, 11) is 0. The Morgan fingerprint density at radius 3 is 2.29 bits per heavy atom. The maximum atomic E-state index is 12.7. The molecule has 0 aromatic carbocycles. The lowest BCUT2D eigenvalue weighted by Gasteiger charge is -2.39. The van der Waals surface area contributed by atoms with Gasteiger partial charge >= 0.3 is 0 Å². The molecule has 28 heavy (non-hydrogen) atoms. The molecule has 7 heteroatoms. The molecule has 0 aromatic rings. The zero-order chi connectivity index (χ0) is 20.1. The molecule has 1 saturated carbocycles. The van der Waals surface area contributed by atoms with E-state index in [4.69, 9.17) is 4.99 Å². The largest absolute Gasteiger partial charge is 0.388 e. The highest BCUT2D eigenvalue weighted by atomic mass is 16.3. The number of nitrogens with zero attached hydrogens (tertiary/aromatic N) is 4. The molecule has 160 valence electrons. The van der Waals surface area contributed by atoms with Crippen molar-refractivity contribution in [1.82, 2.24) is 20.0 Å². The standard InChI is InChI=1S/C21H39N5O2/c1-4-22-20(23-16-21(28)6-5-7-21)25-10-8-24(9-11-25)15-19(27)26-13-17(2)12-18(3)14-26/h17-18,28H,4-16H2,1-3H3,(H,22,23). The first-order chi connectivity index (χ1) is 13.4. The highest BCUT2D eigenvalue weighted by Gasteiger charge is 2.34. The summed E-state index contributed by atoms with van der Waals surface area (Å²) < 4.78 is 0. The first-order valence-electron chi connectivity index (χ1n) is 11.1. The van der Waals surface area contributed by atoms with Gasteiger partial charge in [-0.25, -0.2) is 0 Å². The van der Waals surface area contributed by atoms with Crippen molar-refractivity contribution in [3.8, 4) is 0 Å². The van der Waals surface area contributed by atoms with E-state index in [2.05, 4.69) is 40.8 Å². The van der Waals surface area contributed by atoms with Crippen molar-refractivity contribution in [3.05, 3.63) is 0 Å². The van der Waals surface area contributed by atoms with E-state index in [0.29, 0.717) is 24.9 Å². The van der Waals surface area contributed by atoms with Gasteiger partial charge < -0.3 is 20.2 Å². The monoisotopic (exact) mass is 393 g/mol. The van der Waals surface area contributed by atoms with Crippen LogP contribution in [0.3, 0.4) is 0 Å². The number of hydrogen-bond donors (Lipinski definition) is 2. The van der Waals surface area contributed by atoms with Crippen LogP contribution in [0.25, 0.3) is 0 Å². The number of amides is 1. The summed E-state index contributed by atoms with van der Waals surface area (Å²) in [6.07, 6.45) is 4.05. The molecule has 7 nitrogen and oxygen atoms in total. The molecule has 3 fully saturated rings. The number of likely N-dealkylation sites (tertiary alicyclic amines) is 1. The number of guanidine groups is 1. The molecule has 0 radical (unpaired) electrons. The third-order valence-electron chi connectivity index (χ3n) is 6.39. The second-order valence-electron chi connectivity index (χ2n) is 9.26. The second-order valence-corrected chi connectivity index (χ2v) is 9.26. The van der Waals surface area contributed by atoms with Gasteiger partial charge in [0.05, 0.1) is 18.7 Å². The van der Waals surface area contributed by atoms with Crippen molar-refractivity contribution in [3.63, 3.8) is 0 Å². The lowest BCUT2D eigenvalue weighted by atomic mass is 9.80. The molecule has 3 aliphatic rings. The van der Waals surface area contributed by atoms with E-state index < -0.39 is 5.60 Å². The number of piperidine rings is 1. The average Bonchev–Trinajstić information content (AvgIpc) is 2.63. The Morgan fingerprint density at radius 1 is 1.11 bits per heavy atom. The summed E-state index contributed by atoms with van der Waals surface area (Å²) in [4.78, 5) is 24.0. The zero-order valence-electron chi connectivity index (χ0n) is 18.0. The number of aliphatic imine (C=N–C) groups is 1. The number of aliphatic hydroxyl groups is 1. The fourth-order valence-corrected chi connectivity index (χ4v) is 4.67. The summed E-state index contributed by atoms with van der Waals surface area (Å²) in [5, 5.41) is 13.7. The number of nitrogens with one attached hydrogen (secondary N) is 1. The molecule has 1 aliphatic carbocycles. The minimum atomic E-state index is -0.586. The molecule has 2 N–H and O–H groups in total. The second kappa shape index (κ2) is 9.44. The molecule has 3 rings (SSSR count). The van der Waals surface area contributed by atoms with E-state index in [1.807, 2.05) is 0 Å². The van der Waals surface area contributed by atoms with E-state index >= 15 is 0 Å². The van der Waals surface area contributed by atoms with Gasteiger partial charge in [-0.1, -0.05) is 13.8 Å². The Hall–Kier alpha value is -1.34. The summed E-state index contributed by atoms with van der Waals surface area (Å²) in [5.74, 6) is 2.38. The number of hydrogen-bond acceptors (Lipinski definition) is 4. The fourth-order valence-electron chi connectivity index (χ4n) is 4.67.